The lowest BCUT2D eigenvalue weighted by Crippen LogP contribution is -1.80. The Bertz CT molecular complexity index is 482. The summed E-state index contributed by atoms with van der Waals surface area (Å²) >= 11 is 1.36. The first-order chi connectivity index (χ1) is 7.19. The van der Waals surface area contributed by atoms with Crippen LogP contribution in [0.4, 0.5) is 0 Å². The third-order valence-electron chi connectivity index (χ3n) is 2.16. The summed E-state index contributed by atoms with van der Waals surface area (Å²) in [5.41, 5.74) is 4.10. The van der Waals surface area contributed by atoms with E-state index in [-0.39, 0.29) is 0 Å². The fraction of sp³-hybridized carbons (Fsp3) is 0.167. The summed E-state index contributed by atoms with van der Waals surface area (Å²) < 4.78 is 4.04. The quantitative estimate of drug-likeness (QED) is 0.723. The van der Waals surface area contributed by atoms with Crippen molar-refractivity contribution in [3.8, 4) is 10.4 Å². The molecule has 0 fully saturated rings. The van der Waals surface area contributed by atoms with E-state index in [1.807, 2.05) is 6.07 Å². The molecular weight excluding hydrogens is 206 g/mol. The molecule has 0 spiro atoms. The molecule has 1 aromatic carbocycles. The van der Waals surface area contributed by atoms with E-state index in [0.717, 1.165) is 16.7 Å². The number of hydrogen-bond donors (Lipinski definition) is 0. The van der Waals surface area contributed by atoms with Gasteiger partial charge in [-0.25, -0.2) is 0 Å². The number of carbonyl (C=O) groups excluding carboxylic acids is 1. The lowest BCUT2D eigenvalue weighted by atomic mass is 10.1. The van der Waals surface area contributed by atoms with Crippen LogP contribution in [0.1, 0.15) is 21.6 Å². The van der Waals surface area contributed by atoms with Gasteiger partial charge in [0.2, 0.25) is 0 Å². The number of carbonyl (C=O) groups is 1. The number of rotatable bonds is 2. The molecule has 2 nitrogen and oxygen atoms in total. The number of hydrogen-bond acceptors (Lipinski definition) is 3. The second kappa shape index (κ2) is 3.95. The number of benzene rings is 1. The van der Waals surface area contributed by atoms with Crippen molar-refractivity contribution in [1.29, 1.82) is 0 Å². The second-order valence-corrected chi connectivity index (χ2v) is 4.42. The van der Waals surface area contributed by atoms with Crippen molar-refractivity contribution in [2.45, 2.75) is 13.8 Å². The van der Waals surface area contributed by atoms with Crippen molar-refractivity contribution in [2.75, 3.05) is 0 Å². The van der Waals surface area contributed by atoms with Gasteiger partial charge in [0.05, 0.1) is 4.88 Å². The van der Waals surface area contributed by atoms with Crippen LogP contribution in [-0.4, -0.2) is 10.7 Å². The first-order valence-corrected chi connectivity index (χ1v) is 5.47. The Morgan fingerprint density at radius 3 is 2.33 bits per heavy atom. The zero-order chi connectivity index (χ0) is 10.8. The largest absolute Gasteiger partial charge is 0.296 e. The highest BCUT2D eigenvalue weighted by Crippen LogP contribution is 2.26. The molecule has 3 heteroatoms. The number of aromatic nitrogens is 1. The molecule has 2 aromatic rings. The van der Waals surface area contributed by atoms with Gasteiger partial charge in [-0.2, -0.15) is 4.37 Å². The Kier molecular flexibility index (Phi) is 2.64. The lowest BCUT2D eigenvalue weighted by molar-refractivity contribution is 0.112. The van der Waals surface area contributed by atoms with Crippen molar-refractivity contribution < 1.29 is 4.79 Å². The standard InChI is InChI=1S/C12H11NOS/c1-8-3-9(2)5-10(4-8)12-6-11(7-14)13-15-12/h3-7H,1-2H3. The van der Waals surface area contributed by atoms with Crippen LogP contribution < -0.4 is 0 Å². The van der Waals surface area contributed by atoms with E-state index < -0.39 is 0 Å². The van der Waals surface area contributed by atoms with E-state index in [2.05, 4.69) is 36.4 Å². The second-order valence-electron chi connectivity index (χ2n) is 3.61. The van der Waals surface area contributed by atoms with E-state index in [4.69, 9.17) is 0 Å². The third kappa shape index (κ3) is 2.13. The van der Waals surface area contributed by atoms with E-state index >= 15 is 0 Å². The van der Waals surface area contributed by atoms with Gasteiger partial charge >= 0.3 is 0 Å². The predicted octanol–water partition coefficient (Wildman–Crippen LogP) is 3.24. The van der Waals surface area contributed by atoms with Crippen LogP contribution in [0.2, 0.25) is 0 Å². The van der Waals surface area contributed by atoms with Gasteiger partial charge < -0.3 is 0 Å². The fourth-order valence-corrected chi connectivity index (χ4v) is 2.29. The van der Waals surface area contributed by atoms with Crippen molar-refractivity contribution >= 4 is 17.8 Å². The highest BCUT2D eigenvalue weighted by Gasteiger charge is 2.04. The van der Waals surface area contributed by atoms with E-state index in [1.54, 1.807) is 0 Å². The average molecular weight is 217 g/mol. The molecule has 2 rings (SSSR count). The Balaban J connectivity index is 2.48. The molecule has 76 valence electrons. The van der Waals surface area contributed by atoms with Crippen LogP contribution in [0, 0.1) is 13.8 Å². The SMILES string of the molecule is Cc1cc(C)cc(-c2cc(C=O)ns2)c1. The summed E-state index contributed by atoms with van der Waals surface area (Å²) in [4.78, 5) is 11.6. The molecule has 1 aromatic heterocycles. The molecule has 0 unspecified atom stereocenters. The smallest absolute Gasteiger partial charge is 0.169 e. The van der Waals surface area contributed by atoms with Gasteiger partial charge in [0.15, 0.2) is 6.29 Å². The molecule has 15 heavy (non-hydrogen) atoms. The zero-order valence-electron chi connectivity index (χ0n) is 8.65. The van der Waals surface area contributed by atoms with Gasteiger partial charge in [-0.3, -0.25) is 4.79 Å². The minimum Gasteiger partial charge on any atom is -0.296 e. The molecule has 0 saturated carbocycles. The highest BCUT2D eigenvalue weighted by molar-refractivity contribution is 7.09. The van der Waals surface area contributed by atoms with Gasteiger partial charge in [0, 0.05) is 0 Å². The Morgan fingerprint density at radius 1 is 1.13 bits per heavy atom. The molecule has 0 aliphatic carbocycles. The minimum atomic E-state index is 0.508. The molecule has 0 saturated heterocycles. The molecular formula is C12H11NOS. The number of aryl methyl sites for hydroxylation is 2. The van der Waals surface area contributed by atoms with Crippen molar-refractivity contribution in [3.05, 3.63) is 41.1 Å². The van der Waals surface area contributed by atoms with Crippen molar-refractivity contribution in [2.24, 2.45) is 0 Å². The molecule has 1 heterocycles. The van der Waals surface area contributed by atoms with Crippen LogP contribution in [0.5, 0.6) is 0 Å². The topological polar surface area (TPSA) is 30.0 Å². The Morgan fingerprint density at radius 2 is 1.80 bits per heavy atom. The average Bonchev–Trinajstić information content (AvgIpc) is 2.64. The van der Waals surface area contributed by atoms with E-state index in [9.17, 15) is 4.79 Å². The fourth-order valence-electron chi connectivity index (χ4n) is 1.60. The van der Waals surface area contributed by atoms with Gasteiger partial charge in [-0.1, -0.05) is 29.3 Å². The summed E-state index contributed by atoms with van der Waals surface area (Å²) in [7, 11) is 0. The maximum Gasteiger partial charge on any atom is 0.169 e. The monoisotopic (exact) mass is 217 g/mol. The molecule has 0 bridgehead atoms. The molecule has 0 amide bonds. The zero-order valence-corrected chi connectivity index (χ0v) is 9.47. The Hall–Kier alpha value is -1.48. The number of nitrogens with zero attached hydrogens (tertiary/aromatic N) is 1. The predicted molar refractivity (Wildman–Crippen MR) is 62.4 cm³/mol. The summed E-state index contributed by atoms with van der Waals surface area (Å²) in [5.74, 6) is 0. The van der Waals surface area contributed by atoms with E-state index in [1.165, 1.54) is 22.7 Å². The number of aldehydes is 1. The summed E-state index contributed by atoms with van der Waals surface area (Å²) in [6, 6.07) is 8.17. The lowest BCUT2D eigenvalue weighted by Gasteiger charge is -2.01. The van der Waals surface area contributed by atoms with Gasteiger partial charge in [0.25, 0.3) is 0 Å². The van der Waals surface area contributed by atoms with Crippen LogP contribution >= 0.6 is 11.5 Å². The van der Waals surface area contributed by atoms with Gasteiger partial charge in [-0.05, 0) is 37.0 Å². The van der Waals surface area contributed by atoms with Gasteiger partial charge in [-0.15, -0.1) is 0 Å². The summed E-state index contributed by atoms with van der Waals surface area (Å²) in [5, 5.41) is 0. The van der Waals surface area contributed by atoms with Crippen LogP contribution in [0.15, 0.2) is 24.3 Å². The van der Waals surface area contributed by atoms with Crippen LogP contribution in [0.3, 0.4) is 0 Å². The molecule has 0 aliphatic rings. The van der Waals surface area contributed by atoms with Crippen LogP contribution in [0.25, 0.3) is 10.4 Å². The maximum atomic E-state index is 10.5. The normalized spacial score (nSPS) is 10.3. The third-order valence-corrected chi connectivity index (χ3v) is 3.01. The Labute approximate surface area is 92.7 Å². The molecule has 0 radical (unpaired) electrons. The molecule has 0 aliphatic heterocycles. The summed E-state index contributed by atoms with van der Waals surface area (Å²) in [6.45, 7) is 4.14. The summed E-state index contributed by atoms with van der Waals surface area (Å²) in [6.07, 6.45) is 0.780. The van der Waals surface area contributed by atoms with E-state index in [0.29, 0.717) is 5.69 Å². The molecule has 0 atom stereocenters. The van der Waals surface area contributed by atoms with Crippen molar-refractivity contribution in [3.63, 3.8) is 0 Å². The first kappa shape index (κ1) is 10.1. The van der Waals surface area contributed by atoms with Crippen molar-refractivity contribution in [1.82, 2.24) is 4.37 Å². The highest BCUT2D eigenvalue weighted by atomic mass is 32.1. The minimum absolute atomic E-state index is 0.508. The maximum absolute atomic E-state index is 10.5. The molecule has 0 N–H and O–H groups in total. The van der Waals surface area contributed by atoms with Gasteiger partial charge in [0.1, 0.15) is 5.69 Å². The first-order valence-electron chi connectivity index (χ1n) is 4.69. The van der Waals surface area contributed by atoms with Crippen LogP contribution in [-0.2, 0) is 0 Å².